The highest BCUT2D eigenvalue weighted by Crippen LogP contribution is 2.14. The number of halogens is 1. The van der Waals surface area contributed by atoms with Gasteiger partial charge in [0.1, 0.15) is 6.54 Å². The summed E-state index contributed by atoms with van der Waals surface area (Å²) in [5.41, 5.74) is 0.549. The molecule has 0 spiro atoms. The summed E-state index contributed by atoms with van der Waals surface area (Å²) in [6, 6.07) is 5.11. The number of benzene rings is 1. The number of rotatable bonds is 4. The third-order valence-corrected chi connectivity index (χ3v) is 2.78. The lowest BCUT2D eigenvalue weighted by Gasteiger charge is -2.02. The molecule has 5 heteroatoms. The maximum atomic E-state index is 11.8. The second-order valence-corrected chi connectivity index (χ2v) is 4.39. The maximum absolute atomic E-state index is 11.8. The van der Waals surface area contributed by atoms with Crippen molar-refractivity contribution in [1.29, 1.82) is 0 Å². The molecule has 2 aromatic rings. The minimum atomic E-state index is -0.105. The number of quaternary nitrogens is 1. The molecule has 0 fully saturated rings. The van der Waals surface area contributed by atoms with Gasteiger partial charge >= 0.3 is 0 Å². The Morgan fingerprint density at radius 3 is 3.06 bits per heavy atom. The van der Waals surface area contributed by atoms with Gasteiger partial charge in [0, 0.05) is 5.02 Å². The Kier molecular flexibility index (Phi) is 3.76. The summed E-state index contributed by atoms with van der Waals surface area (Å²) in [6.07, 6.45) is 1.10. The van der Waals surface area contributed by atoms with Crippen LogP contribution in [0.1, 0.15) is 19.2 Å². The van der Waals surface area contributed by atoms with E-state index in [-0.39, 0.29) is 5.56 Å². The van der Waals surface area contributed by atoms with Crippen LogP contribution in [0.3, 0.4) is 0 Å². The fourth-order valence-electron chi connectivity index (χ4n) is 1.70. The van der Waals surface area contributed by atoms with Gasteiger partial charge in [-0.2, -0.15) is 0 Å². The average Bonchev–Trinajstić information content (AvgIpc) is 2.28. The molecule has 0 saturated heterocycles. The minimum Gasteiger partial charge on any atom is -0.340 e. The lowest BCUT2D eigenvalue weighted by Crippen LogP contribution is -2.82. The molecule has 1 heterocycles. The topological polar surface area (TPSA) is 62.4 Å². The van der Waals surface area contributed by atoms with Gasteiger partial charge in [0.2, 0.25) is 0 Å². The van der Waals surface area contributed by atoms with Crippen LogP contribution in [0.4, 0.5) is 0 Å². The summed E-state index contributed by atoms with van der Waals surface area (Å²) in [7, 11) is 0. The van der Waals surface area contributed by atoms with E-state index in [4.69, 9.17) is 11.6 Å². The molecule has 0 unspecified atom stereocenters. The number of fused-ring (bicyclic) bond motifs is 1. The van der Waals surface area contributed by atoms with Crippen molar-refractivity contribution in [3.05, 3.63) is 39.4 Å². The van der Waals surface area contributed by atoms with Crippen molar-refractivity contribution in [2.24, 2.45) is 0 Å². The van der Waals surface area contributed by atoms with E-state index >= 15 is 0 Å². The molecule has 0 saturated carbocycles. The lowest BCUT2D eigenvalue weighted by molar-refractivity contribution is -0.671. The van der Waals surface area contributed by atoms with Crippen LogP contribution in [0.25, 0.3) is 10.9 Å². The third-order valence-electron chi connectivity index (χ3n) is 2.55. The Morgan fingerprint density at radius 2 is 2.29 bits per heavy atom. The van der Waals surface area contributed by atoms with Crippen molar-refractivity contribution in [2.45, 2.75) is 19.9 Å². The Hall–Kier alpha value is -1.39. The van der Waals surface area contributed by atoms with E-state index in [1.807, 2.05) is 0 Å². The monoisotopic (exact) mass is 252 g/mol. The lowest BCUT2D eigenvalue weighted by atomic mass is 10.2. The fraction of sp³-hybridized carbons (Fsp3) is 0.333. The van der Waals surface area contributed by atoms with Crippen LogP contribution in [-0.2, 0) is 6.54 Å². The van der Waals surface area contributed by atoms with Crippen LogP contribution in [0, 0.1) is 0 Å². The summed E-state index contributed by atoms with van der Waals surface area (Å²) in [5.74, 6) is 0.693. The standard InChI is InChI=1S/C12H14ClN3O/c1-2-5-14-7-11-15-10-6-8(13)3-4-9(10)12(17)16-11/h3-4,6,14H,2,5,7H2,1H3,(H,15,16,17)/p+1. The Bertz CT molecular complexity index is 579. The highest BCUT2D eigenvalue weighted by Gasteiger charge is 2.05. The first-order chi connectivity index (χ1) is 8.20. The molecule has 90 valence electrons. The number of nitrogens with two attached hydrogens (primary N) is 1. The van der Waals surface area contributed by atoms with E-state index in [1.54, 1.807) is 18.2 Å². The molecule has 3 N–H and O–H groups in total. The molecule has 0 aliphatic carbocycles. The summed E-state index contributed by atoms with van der Waals surface area (Å²) < 4.78 is 0. The molecule has 0 aliphatic heterocycles. The second kappa shape index (κ2) is 5.29. The molecule has 1 aromatic carbocycles. The predicted octanol–water partition coefficient (Wildman–Crippen LogP) is 1.05. The molecule has 17 heavy (non-hydrogen) atoms. The van der Waals surface area contributed by atoms with Crippen LogP contribution in [0.5, 0.6) is 0 Å². The molecule has 1 aromatic heterocycles. The van der Waals surface area contributed by atoms with E-state index < -0.39 is 0 Å². The van der Waals surface area contributed by atoms with Gasteiger partial charge in [-0.1, -0.05) is 18.5 Å². The Morgan fingerprint density at radius 1 is 1.47 bits per heavy atom. The third kappa shape index (κ3) is 2.84. The van der Waals surface area contributed by atoms with E-state index in [2.05, 4.69) is 22.2 Å². The summed E-state index contributed by atoms with van der Waals surface area (Å²) >= 11 is 5.89. The quantitative estimate of drug-likeness (QED) is 0.799. The molecule has 2 rings (SSSR count). The molecule has 0 aliphatic rings. The van der Waals surface area contributed by atoms with Crippen molar-refractivity contribution >= 4 is 22.5 Å². The zero-order chi connectivity index (χ0) is 12.3. The van der Waals surface area contributed by atoms with Crippen LogP contribution in [0.2, 0.25) is 5.02 Å². The van der Waals surface area contributed by atoms with Crippen LogP contribution in [-0.4, -0.2) is 16.5 Å². The average molecular weight is 253 g/mol. The number of nitrogens with one attached hydrogen (secondary N) is 1. The largest absolute Gasteiger partial charge is 0.340 e. The number of nitrogens with zero attached hydrogens (tertiary/aromatic N) is 1. The molecular weight excluding hydrogens is 238 g/mol. The normalized spacial score (nSPS) is 10.9. The number of hydrogen-bond acceptors (Lipinski definition) is 2. The van der Waals surface area contributed by atoms with Crippen molar-refractivity contribution in [3.8, 4) is 0 Å². The first-order valence-electron chi connectivity index (χ1n) is 5.71. The van der Waals surface area contributed by atoms with E-state index in [0.29, 0.717) is 28.3 Å². The molecule has 0 amide bonds. The maximum Gasteiger partial charge on any atom is 0.258 e. The smallest absolute Gasteiger partial charge is 0.258 e. The van der Waals surface area contributed by atoms with Crippen LogP contribution >= 0.6 is 11.6 Å². The fourth-order valence-corrected chi connectivity index (χ4v) is 1.87. The van der Waals surface area contributed by atoms with Crippen molar-refractivity contribution < 1.29 is 5.32 Å². The first-order valence-corrected chi connectivity index (χ1v) is 6.08. The first kappa shape index (κ1) is 12.1. The van der Waals surface area contributed by atoms with Gasteiger partial charge in [-0.15, -0.1) is 0 Å². The minimum absolute atomic E-state index is 0.105. The van der Waals surface area contributed by atoms with Crippen molar-refractivity contribution in [3.63, 3.8) is 0 Å². The number of H-pyrrole nitrogens is 1. The van der Waals surface area contributed by atoms with Gasteiger partial charge in [-0.3, -0.25) is 4.79 Å². The Balaban J connectivity index is 2.36. The van der Waals surface area contributed by atoms with Gasteiger partial charge in [-0.05, 0) is 24.6 Å². The summed E-state index contributed by atoms with van der Waals surface area (Å²) in [5, 5.41) is 3.29. The van der Waals surface area contributed by atoms with Crippen molar-refractivity contribution in [2.75, 3.05) is 6.54 Å². The van der Waals surface area contributed by atoms with Crippen LogP contribution < -0.4 is 10.9 Å². The zero-order valence-corrected chi connectivity index (χ0v) is 10.4. The molecule has 0 radical (unpaired) electrons. The zero-order valence-electron chi connectivity index (χ0n) is 9.66. The second-order valence-electron chi connectivity index (χ2n) is 3.96. The summed E-state index contributed by atoms with van der Waals surface area (Å²) in [4.78, 5) is 19.0. The van der Waals surface area contributed by atoms with Gasteiger partial charge < -0.3 is 10.3 Å². The number of aromatic amines is 1. The predicted molar refractivity (Wildman–Crippen MR) is 68.2 cm³/mol. The summed E-state index contributed by atoms with van der Waals surface area (Å²) in [6.45, 7) is 3.83. The van der Waals surface area contributed by atoms with Gasteiger partial charge in [0.25, 0.3) is 5.56 Å². The van der Waals surface area contributed by atoms with E-state index in [0.717, 1.165) is 13.0 Å². The van der Waals surface area contributed by atoms with Gasteiger partial charge in [0.05, 0.1) is 17.4 Å². The molecule has 0 bridgehead atoms. The number of aromatic nitrogens is 2. The van der Waals surface area contributed by atoms with Crippen molar-refractivity contribution in [1.82, 2.24) is 9.97 Å². The van der Waals surface area contributed by atoms with E-state index in [1.165, 1.54) is 0 Å². The SMILES string of the molecule is CCC[NH2+]Cc1nc2cc(Cl)ccc2c(=O)[nH]1. The highest BCUT2D eigenvalue weighted by atomic mass is 35.5. The molecular formula is C12H15ClN3O+. The molecule has 0 atom stereocenters. The molecule has 4 nitrogen and oxygen atoms in total. The van der Waals surface area contributed by atoms with Gasteiger partial charge in [-0.25, -0.2) is 4.98 Å². The highest BCUT2D eigenvalue weighted by molar-refractivity contribution is 6.31. The van der Waals surface area contributed by atoms with Crippen LogP contribution in [0.15, 0.2) is 23.0 Å². The van der Waals surface area contributed by atoms with Gasteiger partial charge in [0.15, 0.2) is 5.82 Å². The Labute approximate surface area is 104 Å². The van der Waals surface area contributed by atoms with E-state index in [9.17, 15) is 4.79 Å². The number of hydrogen-bond donors (Lipinski definition) is 2.